The van der Waals surface area contributed by atoms with E-state index < -0.39 is 97.5 Å². The average molecular weight is 1480 g/mol. The Morgan fingerprint density at radius 1 is 0.267 bits per heavy atom. The maximum Gasteiger partial charge on any atom is 0.472 e. The fraction of sp³-hybridized carbons (Fsp3) is 0.951. The number of aliphatic hydroxyl groups excluding tert-OH is 1. The Balaban J connectivity index is 5.19. The van der Waals surface area contributed by atoms with Crippen molar-refractivity contribution in [2.75, 3.05) is 39.6 Å². The molecule has 600 valence electrons. The van der Waals surface area contributed by atoms with Crippen molar-refractivity contribution in [2.45, 2.75) is 457 Å². The number of phosphoric acid groups is 2. The average Bonchev–Trinajstić information content (AvgIpc) is 0.990. The maximum atomic E-state index is 13.1. The van der Waals surface area contributed by atoms with Gasteiger partial charge in [-0.1, -0.05) is 388 Å². The fourth-order valence-electron chi connectivity index (χ4n) is 12.8. The number of carbonyl (C=O) groups excluding carboxylic acids is 4. The molecule has 0 heterocycles. The number of hydrogen-bond acceptors (Lipinski definition) is 15. The van der Waals surface area contributed by atoms with Gasteiger partial charge in [-0.2, -0.15) is 0 Å². The van der Waals surface area contributed by atoms with Crippen LogP contribution in [-0.2, 0) is 65.4 Å². The van der Waals surface area contributed by atoms with Crippen LogP contribution < -0.4 is 0 Å². The Labute approximate surface area is 619 Å². The van der Waals surface area contributed by atoms with Crippen LogP contribution in [0.1, 0.15) is 439 Å². The molecule has 5 atom stereocenters. The van der Waals surface area contributed by atoms with E-state index in [1.807, 2.05) is 0 Å². The highest BCUT2D eigenvalue weighted by molar-refractivity contribution is 7.47. The number of carbonyl (C=O) groups is 4. The van der Waals surface area contributed by atoms with Crippen molar-refractivity contribution in [3.63, 3.8) is 0 Å². The first-order chi connectivity index (χ1) is 49.0. The van der Waals surface area contributed by atoms with Gasteiger partial charge >= 0.3 is 39.5 Å². The van der Waals surface area contributed by atoms with Gasteiger partial charge in [0.25, 0.3) is 0 Å². The van der Waals surface area contributed by atoms with Crippen LogP contribution in [0.4, 0.5) is 0 Å². The van der Waals surface area contributed by atoms with Gasteiger partial charge in [-0.3, -0.25) is 37.3 Å². The number of phosphoric ester groups is 2. The smallest absolute Gasteiger partial charge is 0.462 e. The standard InChI is InChI=1S/C82H160O17P2/c1-6-9-12-15-18-21-23-25-27-28-29-30-31-32-33-35-37-43-48-53-58-63-68-82(87)99-78(72-93-80(85)66-61-56-51-46-41-39-38-40-45-49-54-59-64-75(4)5)74-97-101(90,91)95-70-76(83)69-94-100(88,89)96-73-77(71-92-79(84)65-60-55-50-44-20-17-14-11-8-3)98-81(86)67-62-57-52-47-42-36-34-26-24-22-19-16-13-10-7-2/h75-78,83H,6-74H2,1-5H3,(H,88,89)(H,90,91)/t76-,77+,78+/m0/s1. The Kier molecular flexibility index (Phi) is 73.5. The number of ether oxygens (including phenoxy) is 4. The van der Waals surface area contributed by atoms with E-state index in [1.165, 1.54) is 263 Å². The van der Waals surface area contributed by atoms with Crippen LogP contribution in [0.3, 0.4) is 0 Å². The van der Waals surface area contributed by atoms with Crippen molar-refractivity contribution < 1.29 is 80.2 Å². The minimum absolute atomic E-state index is 0.108. The molecular weight excluding hydrogens is 1320 g/mol. The number of hydrogen-bond donors (Lipinski definition) is 3. The molecule has 0 amide bonds. The van der Waals surface area contributed by atoms with Crippen molar-refractivity contribution in [1.82, 2.24) is 0 Å². The number of unbranched alkanes of at least 4 members (excludes halogenated alkanes) is 54. The van der Waals surface area contributed by atoms with Gasteiger partial charge in [-0.25, -0.2) is 9.13 Å². The normalized spacial score (nSPS) is 13.8. The molecular formula is C82H160O17P2. The van der Waals surface area contributed by atoms with Gasteiger partial charge in [0.15, 0.2) is 12.2 Å². The molecule has 0 aromatic rings. The van der Waals surface area contributed by atoms with E-state index in [-0.39, 0.29) is 25.7 Å². The van der Waals surface area contributed by atoms with Gasteiger partial charge in [-0.15, -0.1) is 0 Å². The van der Waals surface area contributed by atoms with Crippen LogP contribution in [0, 0.1) is 5.92 Å². The van der Waals surface area contributed by atoms with E-state index in [1.54, 1.807) is 0 Å². The molecule has 0 aromatic heterocycles. The summed E-state index contributed by atoms with van der Waals surface area (Å²) in [4.78, 5) is 73.0. The summed E-state index contributed by atoms with van der Waals surface area (Å²) in [5.41, 5.74) is 0. The zero-order valence-corrected chi connectivity index (χ0v) is 67.8. The largest absolute Gasteiger partial charge is 0.472 e. The topological polar surface area (TPSA) is 237 Å². The van der Waals surface area contributed by atoms with Crippen LogP contribution in [0.15, 0.2) is 0 Å². The molecule has 0 aliphatic heterocycles. The lowest BCUT2D eigenvalue weighted by molar-refractivity contribution is -0.161. The van der Waals surface area contributed by atoms with Crippen LogP contribution in [0.2, 0.25) is 0 Å². The first kappa shape index (κ1) is 99.1. The van der Waals surface area contributed by atoms with E-state index in [4.69, 9.17) is 37.0 Å². The second-order valence-electron chi connectivity index (χ2n) is 30.0. The Morgan fingerprint density at radius 3 is 0.673 bits per heavy atom. The number of rotatable bonds is 82. The molecule has 0 bridgehead atoms. The zero-order valence-electron chi connectivity index (χ0n) is 66.1. The number of esters is 4. The van der Waals surface area contributed by atoms with Crippen molar-refractivity contribution in [3.05, 3.63) is 0 Å². The van der Waals surface area contributed by atoms with E-state index in [0.29, 0.717) is 25.7 Å². The molecule has 0 aliphatic carbocycles. The summed E-state index contributed by atoms with van der Waals surface area (Å²) >= 11 is 0. The minimum Gasteiger partial charge on any atom is -0.462 e. The van der Waals surface area contributed by atoms with Gasteiger partial charge in [0.05, 0.1) is 26.4 Å². The molecule has 0 radical (unpaired) electrons. The number of aliphatic hydroxyl groups is 1. The summed E-state index contributed by atoms with van der Waals surface area (Å²) < 4.78 is 68.7. The third kappa shape index (κ3) is 76.1. The van der Waals surface area contributed by atoms with Crippen LogP contribution >= 0.6 is 15.6 Å². The highest BCUT2D eigenvalue weighted by Gasteiger charge is 2.30. The zero-order chi connectivity index (χ0) is 74.1. The SMILES string of the molecule is CCCCCCCCCCCCCCCCCCCCCCCCC(=O)O[C@H](COC(=O)CCCCCCCCCCCCCCC(C)C)COP(=O)(O)OC[C@@H](O)COP(=O)(O)OC[C@@H](COC(=O)CCCCCCCCCCC)OC(=O)CCCCCCCCCCCCCCCCC. The van der Waals surface area contributed by atoms with E-state index in [9.17, 15) is 43.2 Å². The summed E-state index contributed by atoms with van der Waals surface area (Å²) in [7, 11) is -9.92. The van der Waals surface area contributed by atoms with Gasteiger partial charge in [0, 0.05) is 25.7 Å². The second-order valence-corrected chi connectivity index (χ2v) is 32.9. The molecule has 0 aromatic carbocycles. The van der Waals surface area contributed by atoms with Crippen molar-refractivity contribution >= 4 is 39.5 Å². The first-order valence-corrected chi connectivity index (χ1v) is 45.6. The Hall–Kier alpha value is -1.94. The molecule has 19 heteroatoms. The molecule has 0 rings (SSSR count). The van der Waals surface area contributed by atoms with Crippen LogP contribution in [0.25, 0.3) is 0 Å². The summed E-state index contributed by atoms with van der Waals surface area (Å²) in [6.07, 6.45) is 66.7. The summed E-state index contributed by atoms with van der Waals surface area (Å²) in [6, 6.07) is 0. The monoisotopic (exact) mass is 1480 g/mol. The predicted molar refractivity (Wildman–Crippen MR) is 414 cm³/mol. The minimum atomic E-state index is -4.96. The summed E-state index contributed by atoms with van der Waals surface area (Å²) in [5.74, 6) is -1.32. The van der Waals surface area contributed by atoms with E-state index in [2.05, 4.69) is 34.6 Å². The molecule has 17 nitrogen and oxygen atoms in total. The van der Waals surface area contributed by atoms with E-state index >= 15 is 0 Å². The quantitative estimate of drug-likeness (QED) is 0.0222. The van der Waals surface area contributed by atoms with Gasteiger partial charge in [0.2, 0.25) is 0 Å². The van der Waals surface area contributed by atoms with Crippen molar-refractivity contribution in [1.29, 1.82) is 0 Å². The predicted octanol–water partition coefficient (Wildman–Crippen LogP) is 24.8. The lowest BCUT2D eigenvalue weighted by Gasteiger charge is -2.21. The van der Waals surface area contributed by atoms with Crippen molar-refractivity contribution in [2.24, 2.45) is 5.92 Å². The van der Waals surface area contributed by atoms with Crippen molar-refractivity contribution in [3.8, 4) is 0 Å². The first-order valence-electron chi connectivity index (χ1n) is 42.6. The van der Waals surface area contributed by atoms with Gasteiger partial charge in [-0.05, 0) is 31.6 Å². The Bertz CT molecular complexity index is 1930. The fourth-order valence-corrected chi connectivity index (χ4v) is 14.3. The summed E-state index contributed by atoms with van der Waals surface area (Å²) in [6.45, 7) is 7.33. The molecule has 0 saturated carbocycles. The molecule has 0 saturated heterocycles. The highest BCUT2D eigenvalue weighted by atomic mass is 31.2. The molecule has 3 N–H and O–H groups in total. The Morgan fingerprint density at radius 2 is 0.455 bits per heavy atom. The maximum absolute atomic E-state index is 13.1. The van der Waals surface area contributed by atoms with E-state index in [0.717, 1.165) is 95.8 Å². The summed E-state index contributed by atoms with van der Waals surface area (Å²) in [5, 5.41) is 10.6. The third-order valence-corrected chi connectivity index (χ3v) is 21.2. The second kappa shape index (κ2) is 74.9. The third-order valence-electron chi connectivity index (χ3n) is 19.3. The molecule has 0 fully saturated rings. The van der Waals surface area contributed by atoms with Crippen LogP contribution in [-0.4, -0.2) is 96.7 Å². The molecule has 0 aliphatic rings. The lowest BCUT2D eigenvalue weighted by Crippen LogP contribution is -2.30. The molecule has 0 spiro atoms. The molecule has 101 heavy (non-hydrogen) atoms. The van der Waals surface area contributed by atoms with Crippen LogP contribution in [0.5, 0.6) is 0 Å². The lowest BCUT2D eigenvalue weighted by atomic mass is 10.0. The highest BCUT2D eigenvalue weighted by Crippen LogP contribution is 2.45. The molecule has 2 unspecified atom stereocenters. The van der Waals surface area contributed by atoms with Gasteiger partial charge in [0.1, 0.15) is 19.3 Å². The van der Waals surface area contributed by atoms with Gasteiger partial charge < -0.3 is 33.8 Å².